The lowest BCUT2D eigenvalue weighted by molar-refractivity contribution is 0.0976. The molecule has 0 aromatic rings. The molecule has 2 heterocycles. The first kappa shape index (κ1) is 12.2. The monoisotopic (exact) mass is 244 g/mol. The SMILES string of the molecule is CN1C=CSC1C(O)NCCNC1CNC1. The van der Waals surface area contributed by atoms with E-state index in [-0.39, 0.29) is 5.37 Å². The second kappa shape index (κ2) is 5.88. The smallest absolute Gasteiger partial charge is 0.135 e. The molecule has 92 valence electrons. The predicted octanol–water partition coefficient (Wildman–Crippen LogP) is -1.07. The fourth-order valence-corrected chi connectivity index (χ4v) is 2.65. The second-order valence-electron chi connectivity index (χ2n) is 4.19. The zero-order valence-electron chi connectivity index (χ0n) is 9.52. The van der Waals surface area contributed by atoms with Crippen molar-refractivity contribution in [3.05, 3.63) is 11.6 Å². The number of thioether (sulfide) groups is 1. The molecule has 4 N–H and O–H groups in total. The Morgan fingerprint density at radius 3 is 2.94 bits per heavy atom. The normalized spacial score (nSPS) is 27.1. The van der Waals surface area contributed by atoms with Gasteiger partial charge in [-0.2, -0.15) is 0 Å². The van der Waals surface area contributed by atoms with Crippen molar-refractivity contribution in [3.8, 4) is 0 Å². The third kappa shape index (κ3) is 3.11. The molecule has 0 amide bonds. The zero-order chi connectivity index (χ0) is 11.4. The van der Waals surface area contributed by atoms with Crippen LogP contribution >= 0.6 is 11.8 Å². The number of hydrogen-bond acceptors (Lipinski definition) is 6. The molecule has 0 saturated carbocycles. The first-order chi connectivity index (χ1) is 7.77. The largest absolute Gasteiger partial charge is 0.375 e. The van der Waals surface area contributed by atoms with Crippen molar-refractivity contribution in [1.82, 2.24) is 20.9 Å². The molecule has 2 rings (SSSR count). The van der Waals surface area contributed by atoms with Gasteiger partial charge in [0.1, 0.15) is 11.6 Å². The molecule has 0 bridgehead atoms. The molecule has 2 aliphatic rings. The van der Waals surface area contributed by atoms with E-state index in [1.54, 1.807) is 11.8 Å². The molecule has 0 aliphatic carbocycles. The second-order valence-corrected chi connectivity index (χ2v) is 5.21. The lowest BCUT2D eigenvalue weighted by Gasteiger charge is -2.29. The molecule has 0 spiro atoms. The highest BCUT2D eigenvalue weighted by Gasteiger charge is 2.24. The lowest BCUT2D eigenvalue weighted by atomic mass is 10.2. The van der Waals surface area contributed by atoms with E-state index in [4.69, 9.17) is 0 Å². The zero-order valence-corrected chi connectivity index (χ0v) is 10.3. The van der Waals surface area contributed by atoms with Gasteiger partial charge in [0.25, 0.3) is 0 Å². The van der Waals surface area contributed by atoms with Crippen LogP contribution in [0.5, 0.6) is 0 Å². The third-order valence-electron chi connectivity index (χ3n) is 2.88. The molecule has 1 fully saturated rings. The number of rotatable bonds is 6. The number of likely N-dealkylation sites (N-methyl/N-ethyl adjacent to an activating group) is 1. The van der Waals surface area contributed by atoms with E-state index in [1.165, 1.54) is 0 Å². The summed E-state index contributed by atoms with van der Waals surface area (Å²) < 4.78 is 0. The molecule has 2 aliphatic heterocycles. The molecule has 5 nitrogen and oxygen atoms in total. The number of hydrogen-bond donors (Lipinski definition) is 4. The average Bonchev–Trinajstić information content (AvgIpc) is 2.61. The number of aliphatic hydroxyl groups is 1. The van der Waals surface area contributed by atoms with E-state index in [0.29, 0.717) is 6.04 Å². The van der Waals surface area contributed by atoms with Gasteiger partial charge in [-0.05, 0) is 5.41 Å². The molecule has 1 saturated heterocycles. The summed E-state index contributed by atoms with van der Waals surface area (Å²) in [5.74, 6) is 0. The van der Waals surface area contributed by atoms with Gasteiger partial charge < -0.3 is 20.6 Å². The van der Waals surface area contributed by atoms with Crippen LogP contribution in [0, 0.1) is 0 Å². The summed E-state index contributed by atoms with van der Waals surface area (Å²) in [4.78, 5) is 2.02. The molecule has 2 atom stereocenters. The Hall–Kier alpha value is -0.270. The van der Waals surface area contributed by atoms with Gasteiger partial charge >= 0.3 is 0 Å². The van der Waals surface area contributed by atoms with Gasteiger partial charge in [-0.1, -0.05) is 0 Å². The first-order valence-corrected chi connectivity index (χ1v) is 6.61. The Morgan fingerprint density at radius 1 is 1.56 bits per heavy atom. The van der Waals surface area contributed by atoms with Crippen LogP contribution in [0.3, 0.4) is 0 Å². The van der Waals surface area contributed by atoms with Gasteiger partial charge in [0, 0.05) is 45.5 Å². The Balaban J connectivity index is 1.54. The minimum absolute atomic E-state index is 0.102. The van der Waals surface area contributed by atoms with Crippen molar-refractivity contribution in [1.29, 1.82) is 0 Å². The van der Waals surface area contributed by atoms with Crippen LogP contribution in [0.2, 0.25) is 0 Å². The van der Waals surface area contributed by atoms with Gasteiger partial charge in [-0.3, -0.25) is 5.32 Å². The van der Waals surface area contributed by atoms with Gasteiger partial charge in [0.2, 0.25) is 0 Å². The number of aliphatic hydroxyl groups excluding tert-OH is 1. The Labute approximate surface area is 101 Å². The summed E-state index contributed by atoms with van der Waals surface area (Å²) in [5, 5.41) is 21.8. The fourth-order valence-electron chi connectivity index (χ4n) is 1.72. The van der Waals surface area contributed by atoms with Crippen molar-refractivity contribution in [2.24, 2.45) is 0 Å². The summed E-state index contributed by atoms with van der Waals surface area (Å²) >= 11 is 1.64. The highest BCUT2D eigenvalue weighted by molar-refractivity contribution is 8.02. The highest BCUT2D eigenvalue weighted by Crippen LogP contribution is 2.24. The average molecular weight is 244 g/mol. The summed E-state index contributed by atoms with van der Waals surface area (Å²) in [6, 6.07) is 0.615. The van der Waals surface area contributed by atoms with Gasteiger partial charge in [-0.15, -0.1) is 11.8 Å². The van der Waals surface area contributed by atoms with Crippen molar-refractivity contribution in [2.45, 2.75) is 17.6 Å². The Kier molecular flexibility index (Phi) is 4.48. The van der Waals surface area contributed by atoms with Gasteiger partial charge in [0.05, 0.1) is 0 Å². The quantitative estimate of drug-likeness (QED) is 0.353. The van der Waals surface area contributed by atoms with E-state index < -0.39 is 6.23 Å². The van der Waals surface area contributed by atoms with Crippen molar-refractivity contribution in [3.63, 3.8) is 0 Å². The van der Waals surface area contributed by atoms with Crippen LogP contribution in [-0.2, 0) is 0 Å². The molecule has 0 aromatic carbocycles. The van der Waals surface area contributed by atoms with E-state index in [9.17, 15) is 5.11 Å². The standard InChI is InChI=1S/C10H20N4OS/c1-14-4-5-16-10(14)9(15)13-3-2-12-8-6-11-7-8/h4-5,8-13,15H,2-3,6-7H2,1H3. The van der Waals surface area contributed by atoms with Crippen LogP contribution < -0.4 is 16.0 Å². The topological polar surface area (TPSA) is 59.6 Å². The molecule has 0 aromatic heterocycles. The maximum Gasteiger partial charge on any atom is 0.135 e. The summed E-state index contributed by atoms with van der Waals surface area (Å²) in [5.41, 5.74) is 0. The Bertz CT molecular complexity index is 247. The Morgan fingerprint density at radius 2 is 2.38 bits per heavy atom. The van der Waals surface area contributed by atoms with Crippen LogP contribution in [0.15, 0.2) is 11.6 Å². The van der Waals surface area contributed by atoms with Crippen LogP contribution in [-0.4, -0.2) is 60.9 Å². The molecule has 2 unspecified atom stereocenters. The maximum atomic E-state index is 9.90. The van der Waals surface area contributed by atoms with Crippen LogP contribution in [0.1, 0.15) is 0 Å². The fraction of sp³-hybridized carbons (Fsp3) is 0.800. The molecule has 6 heteroatoms. The van der Waals surface area contributed by atoms with Gasteiger partial charge in [0.15, 0.2) is 0 Å². The summed E-state index contributed by atoms with van der Waals surface area (Å²) in [6.45, 7) is 3.82. The van der Waals surface area contributed by atoms with E-state index in [1.807, 2.05) is 23.6 Å². The minimum Gasteiger partial charge on any atom is -0.375 e. The van der Waals surface area contributed by atoms with E-state index >= 15 is 0 Å². The van der Waals surface area contributed by atoms with Crippen molar-refractivity contribution in [2.75, 3.05) is 33.2 Å². The highest BCUT2D eigenvalue weighted by atomic mass is 32.2. The molecular formula is C10H20N4OS. The van der Waals surface area contributed by atoms with Crippen molar-refractivity contribution >= 4 is 11.8 Å². The van der Waals surface area contributed by atoms with Crippen molar-refractivity contribution < 1.29 is 5.11 Å². The summed E-state index contributed by atoms with van der Waals surface area (Å²) in [7, 11) is 1.98. The third-order valence-corrected chi connectivity index (χ3v) is 4.03. The first-order valence-electron chi connectivity index (χ1n) is 5.67. The van der Waals surface area contributed by atoms with Gasteiger partial charge in [-0.25, -0.2) is 0 Å². The minimum atomic E-state index is -0.480. The lowest BCUT2D eigenvalue weighted by Crippen LogP contribution is -2.56. The number of nitrogens with zero attached hydrogens (tertiary/aromatic N) is 1. The maximum absolute atomic E-state index is 9.90. The van der Waals surface area contributed by atoms with E-state index in [0.717, 1.165) is 26.2 Å². The van der Waals surface area contributed by atoms with Crippen LogP contribution in [0.25, 0.3) is 0 Å². The number of nitrogens with one attached hydrogen (secondary N) is 3. The molecule has 16 heavy (non-hydrogen) atoms. The molecule has 0 radical (unpaired) electrons. The summed E-state index contributed by atoms with van der Waals surface area (Å²) in [6.07, 6.45) is 1.50. The molecular weight excluding hydrogens is 224 g/mol. The predicted molar refractivity (Wildman–Crippen MR) is 67.0 cm³/mol. The van der Waals surface area contributed by atoms with E-state index in [2.05, 4.69) is 16.0 Å². The van der Waals surface area contributed by atoms with Crippen LogP contribution in [0.4, 0.5) is 0 Å².